The van der Waals surface area contributed by atoms with Crippen LogP contribution in [-0.4, -0.2) is 44.3 Å². The van der Waals surface area contributed by atoms with Crippen LogP contribution < -0.4 is 10.2 Å². The normalized spacial score (nSPS) is 31.4. The lowest BCUT2D eigenvalue weighted by Gasteiger charge is -2.20. The molecule has 1 aromatic carbocycles. The van der Waals surface area contributed by atoms with Crippen molar-refractivity contribution in [1.82, 2.24) is 19.5 Å². The van der Waals surface area contributed by atoms with Crippen LogP contribution in [0, 0.1) is 23.2 Å². The monoisotopic (exact) mass is 390 g/mol. The van der Waals surface area contributed by atoms with E-state index in [1.807, 2.05) is 54.2 Å². The molecular weight excluding hydrogens is 364 g/mol. The highest BCUT2D eigenvalue weighted by atomic mass is 16.3. The number of rotatable bonds is 6. The van der Waals surface area contributed by atoms with Gasteiger partial charge in [0, 0.05) is 38.4 Å². The van der Waals surface area contributed by atoms with E-state index >= 15 is 0 Å². The number of nitrogens with zero attached hydrogens (tertiary/aromatic N) is 5. The smallest absolute Gasteiger partial charge is 0.228 e. The van der Waals surface area contributed by atoms with E-state index in [1.54, 1.807) is 0 Å². The van der Waals surface area contributed by atoms with Gasteiger partial charge in [0.2, 0.25) is 5.95 Å². The van der Waals surface area contributed by atoms with Gasteiger partial charge in [0.25, 0.3) is 0 Å². The SMILES string of the molecule is CN(Cc1nccn1C)c1nc(NCC23CC4CC2C3C4O)c2ccccc2n1. The minimum atomic E-state index is -0.0802. The maximum atomic E-state index is 10.4. The summed E-state index contributed by atoms with van der Waals surface area (Å²) < 4.78 is 2.01. The van der Waals surface area contributed by atoms with Crippen molar-refractivity contribution < 1.29 is 5.11 Å². The number of fused-ring (bicyclic) bond motifs is 1. The molecule has 150 valence electrons. The quantitative estimate of drug-likeness (QED) is 0.673. The molecule has 4 aliphatic rings. The molecule has 5 unspecified atom stereocenters. The first-order chi connectivity index (χ1) is 14.1. The molecule has 0 aliphatic heterocycles. The Hall–Kier alpha value is -2.67. The van der Waals surface area contributed by atoms with Gasteiger partial charge >= 0.3 is 0 Å². The van der Waals surface area contributed by atoms with Crippen LogP contribution >= 0.6 is 0 Å². The summed E-state index contributed by atoms with van der Waals surface area (Å²) in [6, 6.07) is 8.16. The van der Waals surface area contributed by atoms with Gasteiger partial charge in [-0.1, -0.05) is 12.1 Å². The van der Waals surface area contributed by atoms with E-state index in [-0.39, 0.29) is 11.5 Å². The van der Waals surface area contributed by atoms with Crippen molar-refractivity contribution in [3.8, 4) is 0 Å². The number of hydrogen-bond donors (Lipinski definition) is 2. The van der Waals surface area contributed by atoms with Crippen molar-refractivity contribution in [2.75, 3.05) is 23.8 Å². The summed E-state index contributed by atoms with van der Waals surface area (Å²) in [6.45, 7) is 1.53. The fraction of sp³-hybridized carbons (Fsp3) is 0.500. The van der Waals surface area contributed by atoms with Crippen LogP contribution in [-0.2, 0) is 13.6 Å². The highest BCUT2D eigenvalue weighted by Crippen LogP contribution is 2.78. The predicted molar refractivity (Wildman–Crippen MR) is 111 cm³/mol. The van der Waals surface area contributed by atoms with Gasteiger partial charge in [-0.15, -0.1) is 0 Å². The van der Waals surface area contributed by atoms with E-state index in [4.69, 9.17) is 9.97 Å². The average Bonchev–Trinajstić information content (AvgIpc) is 3.16. The Morgan fingerprint density at radius 2 is 2.17 bits per heavy atom. The standard InChI is InChI=1S/C22H26N6O/c1-27-8-7-23-17(27)11-28(2)21-25-16-6-4-3-5-14(16)20(26-21)24-12-22-10-13-9-15(22)18(22)19(13)29/h3-8,13,15,18-19,29H,9-12H2,1-2H3,(H,24,25,26). The zero-order valence-electron chi connectivity index (χ0n) is 16.8. The summed E-state index contributed by atoms with van der Waals surface area (Å²) in [5.41, 5.74) is 1.22. The zero-order valence-corrected chi connectivity index (χ0v) is 16.8. The molecule has 7 rings (SSSR count). The maximum absolute atomic E-state index is 10.4. The molecule has 4 bridgehead atoms. The number of anilines is 2. The van der Waals surface area contributed by atoms with Crippen LogP contribution in [0.5, 0.6) is 0 Å². The highest BCUT2D eigenvalue weighted by molar-refractivity contribution is 5.90. The number of imidazole rings is 1. The molecule has 0 radical (unpaired) electrons. The molecule has 5 atom stereocenters. The first kappa shape index (κ1) is 17.2. The molecule has 0 saturated heterocycles. The van der Waals surface area contributed by atoms with Gasteiger partial charge in [0.1, 0.15) is 11.6 Å². The van der Waals surface area contributed by atoms with Crippen molar-refractivity contribution in [3.63, 3.8) is 0 Å². The third kappa shape index (κ3) is 2.43. The largest absolute Gasteiger partial charge is 0.393 e. The van der Waals surface area contributed by atoms with Gasteiger partial charge in [-0.05, 0) is 48.1 Å². The van der Waals surface area contributed by atoms with E-state index in [2.05, 4.69) is 16.4 Å². The van der Waals surface area contributed by atoms with E-state index < -0.39 is 0 Å². The molecule has 29 heavy (non-hydrogen) atoms. The van der Waals surface area contributed by atoms with Gasteiger partial charge in [0.05, 0.1) is 18.2 Å². The molecule has 3 aromatic rings. The summed E-state index contributed by atoms with van der Waals surface area (Å²) in [4.78, 5) is 16.1. The van der Waals surface area contributed by atoms with Crippen LogP contribution in [0.15, 0.2) is 36.7 Å². The lowest BCUT2D eigenvalue weighted by molar-refractivity contribution is 0.134. The van der Waals surface area contributed by atoms with E-state index in [1.165, 1.54) is 6.42 Å². The second kappa shape index (κ2) is 5.92. The summed E-state index contributed by atoms with van der Waals surface area (Å²) in [7, 11) is 4.00. The minimum Gasteiger partial charge on any atom is -0.393 e. The van der Waals surface area contributed by atoms with Crippen molar-refractivity contribution in [2.24, 2.45) is 30.2 Å². The number of para-hydroxylation sites is 1. The molecule has 2 heterocycles. The second-order valence-electron chi connectivity index (χ2n) is 9.11. The average molecular weight is 390 g/mol. The van der Waals surface area contributed by atoms with Crippen molar-refractivity contribution in [2.45, 2.75) is 25.5 Å². The molecule has 0 amide bonds. The highest BCUT2D eigenvalue weighted by Gasteiger charge is 2.78. The first-order valence-electron chi connectivity index (χ1n) is 10.4. The number of aliphatic hydroxyl groups is 1. The lowest BCUT2D eigenvalue weighted by atomic mass is 10.0. The zero-order chi connectivity index (χ0) is 19.8. The number of aryl methyl sites for hydroxylation is 1. The minimum absolute atomic E-state index is 0.0802. The molecule has 7 heteroatoms. The molecule has 4 fully saturated rings. The van der Waals surface area contributed by atoms with E-state index in [0.717, 1.165) is 35.5 Å². The van der Waals surface area contributed by atoms with Crippen molar-refractivity contribution >= 4 is 22.7 Å². The molecular formula is C22H26N6O. The van der Waals surface area contributed by atoms with Gasteiger partial charge in [-0.25, -0.2) is 9.97 Å². The maximum Gasteiger partial charge on any atom is 0.228 e. The van der Waals surface area contributed by atoms with E-state index in [0.29, 0.717) is 30.2 Å². The topological polar surface area (TPSA) is 79.1 Å². The summed E-state index contributed by atoms with van der Waals surface area (Å²) in [5.74, 6) is 4.27. The summed E-state index contributed by atoms with van der Waals surface area (Å²) >= 11 is 0. The fourth-order valence-corrected chi connectivity index (χ4v) is 6.08. The van der Waals surface area contributed by atoms with Gasteiger partial charge in [-0.2, -0.15) is 4.98 Å². The van der Waals surface area contributed by atoms with Crippen molar-refractivity contribution in [1.29, 1.82) is 0 Å². The van der Waals surface area contributed by atoms with Gasteiger partial charge in [-0.3, -0.25) is 0 Å². The molecule has 7 nitrogen and oxygen atoms in total. The van der Waals surface area contributed by atoms with Crippen LogP contribution in [0.3, 0.4) is 0 Å². The van der Waals surface area contributed by atoms with E-state index in [9.17, 15) is 5.11 Å². The number of aliphatic hydroxyl groups excluding tert-OH is 1. The van der Waals surface area contributed by atoms with Crippen molar-refractivity contribution in [3.05, 3.63) is 42.5 Å². The Balaban J connectivity index is 1.29. The Labute approximate surface area is 169 Å². The fourth-order valence-electron chi connectivity index (χ4n) is 6.08. The number of benzene rings is 1. The van der Waals surface area contributed by atoms with Gasteiger partial charge in [0.15, 0.2) is 0 Å². The molecule has 4 aliphatic carbocycles. The van der Waals surface area contributed by atoms with Crippen LogP contribution in [0.25, 0.3) is 10.9 Å². The Morgan fingerprint density at radius 3 is 2.86 bits per heavy atom. The Bertz CT molecular complexity index is 1100. The second-order valence-corrected chi connectivity index (χ2v) is 9.11. The number of aromatic nitrogens is 4. The Morgan fingerprint density at radius 1 is 1.31 bits per heavy atom. The Kier molecular flexibility index (Phi) is 3.51. The van der Waals surface area contributed by atoms with Crippen LogP contribution in [0.1, 0.15) is 18.7 Å². The number of hydrogen-bond acceptors (Lipinski definition) is 6. The predicted octanol–water partition coefficient (Wildman–Crippen LogP) is 2.43. The first-order valence-corrected chi connectivity index (χ1v) is 10.4. The molecule has 2 aromatic heterocycles. The third-order valence-corrected chi connectivity index (χ3v) is 7.59. The van der Waals surface area contributed by atoms with Gasteiger partial charge < -0.3 is 19.9 Å². The number of nitrogens with one attached hydrogen (secondary N) is 1. The lowest BCUT2D eigenvalue weighted by Crippen LogP contribution is -2.23. The molecule has 0 spiro atoms. The summed E-state index contributed by atoms with van der Waals surface area (Å²) in [6.07, 6.45) is 6.04. The third-order valence-electron chi connectivity index (χ3n) is 7.59. The van der Waals surface area contributed by atoms with Crippen LogP contribution in [0.2, 0.25) is 0 Å². The molecule has 4 saturated carbocycles. The molecule has 2 N–H and O–H groups in total. The van der Waals surface area contributed by atoms with Crippen LogP contribution in [0.4, 0.5) is 11.8 Å². The summed E-state index contributed by atoms with van der Waals surface area (Å²) in [5, 5.41) is 15.1.